The van der Waals surface area contributed by atoms with Crippen LogP contribution < -0.4 is 5.73 Å². The lowest BCUT2D eigenvalue weighted by molar-refractivity contribution is 0.623. The molecule has 0 aliphatic heterocycles. The first-order valence-corrected chi connectivity index (χ1v) is 6.98. The molecule has 0 unspecified atom stereocenters. The largest absolute Gasteiger partial charge is 0.369 e. The summed E-state index contributed by atoms with van der Waals surface area (Å²) in [6.45, 7) is 4.08. The van der Waals surface area contributed by atoms with Crippen LogP contribution in [0.5, 0.6) is 0 Å². The highest BCUT2D eigenvalue weighted by molar-refractivity contribution is 9.10. The Morgan fingerprint density at radius 2 is 2.00 bits per heavy atom. The molecule has 1 aromatic heterocycles. The molecule has 0 bridgehead atoms. The minimum absolute atomic E-state index is 0.344. The third-order valence-electron chi connectivity index (χ3n) is 3.54. The van der Waals surface area contributed by atoms with Gasteiger partial charge in [0.15, 0.2) is 0 Å². The number of hydrogen-bond donors (Lipinski definition) is 1. The van der Waals surface area contributed by atoms with Crippen LogP contribution in [-0.4, -0.2) is 9.55 Å². The van der Waals surface area contributed by atoms with Crippen molar-refractivity contribution in [3.63, 3.8) is 0 Å². The van der Waals surface area contributed by atoms with E-state index in [0.29, 0.717) is 15.9 Å². The Labute approximate surface area is 124 Å². The maximum absolute atomic E-state index is 13.6. The first-order valence-electron chi connectivity index (χ1n) is 6.18. The van der Waals surface area contributed by atoms with Crippen LogP contribution in [0.1, 0.15) is 11.1 Å². The highest BCUT2D eigenvalue weighted by Gasteiger charge is 2.14. The molecule has 0 amide bonds. The molecule has 0 saturated carbocycles. The summed E-state index contributed by atoms with van der Waals surface area (Å²) < 4.78 is 15.8. The smallest absolute Gasteiger partial charge is 0.205 e. The number of anilines is 1. The molecule has 2 aromatic carbocycles. The molecule has 2 N–H and O–H groups in total. The fourth-order valence-corrected chi connectivity index (χ4v) is 2.65. The van der Waals surface area contributed by atoms with E-state index in [1.165, 1.54) is 11.6 Å². The topological polar surface area (TPSA) is 43.8 Å². The van der Waals surface area contributed by atoms with Gasteiger partial charge in [0, 0.05) is 6.07 Å². The molecule has 3 rings (SSSR count). The Kier molecular flexibility index (Phi) is 3.01. The van der Waals surface area contributed by atoms with Crippen molar-refractivity contribution in [2.45, 2.75) is 13.8 Å². The van der Waals surface area contributed by atoms with Crippen molar-refractivity contribution < 1.29 is 4.39 Å². The Morgan fingerprint density at radius 3 is 2.75 bits per heavy atom. The lowest BCUT2D eigenvalue weighted by Crippen LogP contribution is -2.03. The highest BCUT2D eigenvalue weighted by Crippen LogP contribution is 2.29. The van der Waals surface area contributed by atoms with Crippen LogP contribution in [0.25, 0.3) is 16.7 Å². The molecule has 0 radical (unpaired) electrons. The number of imidazole rings is 1. The molecule has 0 aliphatic rings. The van der Waals surface area contributed by atoms with Crippen molar-refractivity contribution in [1.29, 1.82) is 0 Å². The zero-order valence-electron chi connectivity index (χ0n) is 11.1. The number of nitrogens with zero attached hydrogens (tertiary/aromatic N) is 2. The molecule has 20 heavy (non-hydrogen) atoms. The van der Waals surface area contributed by atoms with Gasteiger partial charge in [0.1, 0.15) is 5.82 Å². The van der Waals surface area contributed by atoms with E-state index in [0.717, 1.165) is 16.8 Å². The zero-order valence-corrected chi connectivity index (χ0v) is 12.7. The van der Waals surface area contributed by atoms with E-state index in [-0.39, 0.29) is 5.82 Å². The minimum Gasteiger partial charge on any atom is -0.369 e. The summed E-state index contributed by atoms with van der Waals surface area (Å²) in [7, 11) is 0. The zero-order chi connectivity index (χ0) is 14.4. The van der Waals surface area contributed by atoms with Gasteiger partial charge in [-0.15, -0.1) is 0 Å². The molecule has 1 heterocycles. The van der Waals surface area contributed by atoms with Gasteiger partial charge in [-0.3, -0.25) is 4.57 Å². The van der Waals surface area contributed by atoms with E-state index in [1.54, 1.807) is 6.07 Å². The molecular weight excluding hydrogens is 321 g/mol. The van der Waals surface area contributed by atoms with Crippen LogP contribution in [0.15, 0.2) is 34.8 Å². The summed E-state index contributed by atoms with van der Waals surface area (Å²) in [6, 6.07) is 9.09. The number of rotatable bonds is 1. The molecule has 0 saturated heterocycles. The first-order chi connectivity index (χ1) is 9.49. The summed E-state index contributed by atoms with van der Waals surface area (Å²) in [5.41, 5.74) is 10.6. The van der Waals surface area contributed by atoms with Crippen molar-refractivity contribution in [2.24, 2.45) is 0 Å². The third-order valence-corrected chi connectivity index (χ3v) is 4.15. The Balaban J connectivity index is 2.39. The van der Waals surface area contributed by atoms with Gasteiger partial charge in [-0.1, -0.05) is 12.1 Å². The number of nitrogens with two attached hydrogens (primary N) is 1. The minimum atomic E-state index is -0.344. The summed E-state index contributed by atoms with van der Waals surface area (Å²) in [5, 5.41) is 0. The molecule has 0 atom stereocenters. The first kappa shape index (κ1) is 13.1. The van der Waals surface area contributed by atoms with E-state index < -0.39 is 0 Å². The van der Waals surface area contributed by atoms with Crippen LogP contribution in [-0.2, 0) is 0 Å². The summed E-state index contributed by atoms with van der Waals surface area (Å²) in [6.07, 6.45) is 0. The van der Waals surface area contributed by atoms with Crippen LogP contribution in [0.3, 0.4) is 0 Å². The van der Waals surface area contributed by atoms with Crippen molar-refractivity contribution in [1.82, 2.24) is 9.55 Å². The summed E-state index contributed by atoms with van der Waals surface area (Å²) in [5.74, 6) is 0.00862. The quantitative estimate of drug-likeness (QED) is 0.727. The SMILES string of the molecule is Cc1cccc(-n2c(N)nc3cc(F)c(Br)cc32)c1C. The summed E-state index contributed by atoms with van der Waals surface area (Å²) in [4.78, 5) is 4.24. The number of benzene rings is 2. The highest BCUT2D eigenvalue weighted by atomic mass is 79.9. The second-order valence-corrected chi connectivity index (χ2v) is 5.63. The maximum Gasteiger partial charge on any atom is 0.205 e. The lowest BCUT2D eigenvalue weighted by atomic mass is 10.1. The van der Waals surface area contributed by atoms with Gasteiger partial charge in [0.05, 0.1) is 21.2 Å². The van der Waals surface area contributed by atoms with Gasteiger partial charge in [-0.05, 0) is 53.0 Å². The second kappa shape index (κ2) is 4.59. The number of halogens is 2. The molecule has 3 nitrogen and oxygen atoms in total. The molecule has 0 fully saturated rings. The lowest BCUT2D eigenvalue weighted by Gasteiger charge is -2.12. The van der Waals surface area contributed by atoms with Crippen LogP contribution >= 0.6 is 15.9 Å². The second-order valence-electron chi connectivity index (χ2n) is 4.78. The molecular formula is C15H13BrFN3. The fraction of sp³-hybridized carbons (Fsp3) is 0.133. The third kappa shape index (κ3) is 1.89. The monoisotopic (exact) mass is 333 g/mol. The van der Waals surface area contributed by atoms with E-state index in [1.807, 2.05) is 36.6 Å². The fourth-order valence-electron chi connectivity index (χ4n) is 2.32. The van der Waals surface area contributed by atoms with Gasteiger partial charge in [0.25, 0.3) is 0 Å². The van der Waals surface area contributed by atoms with Gasteiger partial charge in [0.2, 0.25) is 5.95 Å². The number of hydrogen-bond acceptors (Lipinski definition) is 2. The molecule has 0 aliphatic carbocycles. The van der Waals surface area contributed by atoms with Crippen LogP contribution in [0.4, 0.5) is 10.3 Å². The molecule has 0 spiro atoms. The molecule has 3 aromatic rings. The molecule has 5 heteroatoms. The summed E-state index contributed by atoms with van der Waals surface area (Å²) >= 11 is 3.21. The number of fused-ring (bicyclic) bond motifs is 1. The molecule has 102 valence electrons. The van der Waals surface area contributed by atoms with Crippen LogP contribution in [0.2, 0.25) is 0 Å². The average Bonchev–Trinajstić information content (AvgIpc) is 2.69. The van der Waals surface area contributed by atoms with Gasteiger partial charge >= 0.3 is 0 Å². The number of aryl methyl sites for hydroxylation is 1. The van der Waals surface area contributed by atoms with Crippen molar-refractivity contribution in [2.75, 3.05) is 5.73 Å². The van der Waals surface area contributed by atoms with Gasteiger partial charge in [-0.25, -0.2) is 9.37 Å². The van der Waals surface area contributed by atoms with Crippen molar-refractivity contribution in [3.05, 3.63) is 51.7 Å². The number of nitrogen functional groups attached to an aromatic ring is 1. The van der Waals surface area contributed by atoms with E-state index >= 15 is 0 Å². The normalized spacial score (nSPS) is 11.2. The average molecular weight is 334 g/mol. The predicted octanol–water partition coefficient (Wildman–Crippen LogP) is 4.13. The predicted molar refractivity (Wildman–Crippen MR) is 82.6 cm³/mol. The standard InChI is InChI=1S/C15H13BrFN3/c1-8-4-3-5-13(9(8)2)20-14-6-10(16)11(17)7-12(14)19-15(20)18/h3-7H,1-2H3,(H2,18,19). The Bertz CT molecular complexity index is 824. The van der Waals surface area contributed by atoms with Crippen LogP contribution in [0, 0.1) is 19.7 Å². The maximum atomic E-state index is 13.6. The van der Waals surface area contributed by atoms with Gasteiger partial charge in [-0.2, -0.15) is 0 Å². The van der Waals surface area contributed by atoms with E-state index in [9.17, 15) is 4.39 Å². The van der Waals surface area contributed by atoms with Crippen molar-refractivity contribution >= 4 is 32.9 Å². The van der Waals surface area contributed by atoms with Gasteiger partial charge < -0.3 is 5.73 Å². The number of aromatic nitrogens is 2. The van der Waals surface area contributed by atoms with E-state index in [2.05, 4.69) is 20.9 Å². The Hall–Kier alpha value is -1.88. The van der Waals surface area contributed by atoms with Crippen molar-refractivity contribution in [3.8, 4) is 5.69 Å². The van der Waals surface area contributed by atoms with E-state index in [4.69, 9.17) is 5.73 Å². The Morgan fingerprint density at radius 1 is 1.25 bits per heavy atom.